The molecule has 0 aliphatic rings. The van der Waals surface area contributed by atoms with E-state index in [0.717, 1.165) is 0 Å². The summed E-state index contributed by atoms with van der Waals surface area (Å²) in [5.74, 6) is 0.0104. The Hall–Kier alpha value is -1.85. The van der Waals surface area contributed by atoms with Gasteiger partial charge in [-0.2, -0.15) is 8.78 Å². The van der Waals surface area contributed by atoms with Crippen LogP contribution in [0.25, 0.3) is 0 Å². The second-order valence-corrected chi connectivity index (χ2v) is 2.85. The highest BCUT2D eigenvalue weighted by molar-refractivity contribution is 5.88. The zero-order valence-electron chi connectivity index (χ0n) is 7.96. The van der Waals surface area contributed by atoms with Crippen LogP contribution in [-0.2, 0) is 0 Å². The van der Waals surface area contributed by atoms with Crippen LogP contribution in [0.2, 0.25) is 0 Å². The van der Waals surface area contributed by atoms with Gasteiger partial charge in [0.1, 0.15) is 5.75 Å². The molecule has 0 aromatic heterocycles. The van der Waals surface area contributed by atoms with Crippen molar-refractivity contribution in [1.29, 1.82) is 0 Å². The maximum absolute atomic E-state index is 12.0. The molecular formula is C9H10F2N2O2. The molecule has 6 heteroatoms. The number of benzene rings is 1. The molecule has 1 aromatic rings. The first kappa shape index (κ1) is 11.2. The van der Waals surface area contributed by atoms with Crippen LogP contribution < -0.4 is 15.8 Å². The maximum Gasteiger partial charge on any atom is 0.387 e. The van der Waals surface area contributed by atoms with Crippen molar-refractivity contribution in [1.82, 2.24) is 0 Å². The van der Waals surface area contributed by atoms with Crippen molar-refractivity contribution in [2.75, 3.05) is 5.32 Å². The minimum absolute atomic E-state index is 0.0104. The molecule has 0 fully saturated rings. The third-order valence-corrected chi connectivity index (χ3v) is 1.67. The Morgan fingerprint density at radius 1 is 1.53 bits per heavy atom. The molecule has 0 aliphatic carbocycles. The van der Waals surface area contributed by atoms with Crippen LogP contribution in [0.4, 0.5) is 19.3 Å². The SMILES string of the molecule is Cc1ccc(NC(N)=O)cc1OC(F)F. The van der Waals surface area contributed by atoms with Crippen molar-refractivity contribution in [2.45, 2.75) is 13.5 Å². The van der Waals surface area contributed by atoms with E-state index in [-0.39, 0.29) is 5.75 Å². The zero-order chi connectivity index (χ0) is 11.4. The summed E-state index contributed by atoms with van der Waals surface area (Å²) in [7, 11) is 0. The summed E-state index contributed by atoms with van der Waals surface area (Å²) in [6, 6.07) is 3.61. The monoisotopic (exact) mass is 216 g/mol. The van der Waals surface area contributed by atoms with Crippen LogP contribution in [-0.4, -0.2) is 12.6 Å². The van der Waals surface area contributed by atoms with Crippen molar-refractivity contribution in [2.24, 2.45) is 5.73 Å². The van der Waals surface area contributed by atoms with Gasteiger partial charge in [0.2, 0.25) is 0 Å². The molecule has 0 atom stereocenters. The largest absolute Gasteiger partial charge is 0.434 e. The van der Waals surface area contributed by atoms with Gasteiger partial charge in [-0.15, -0.1) is 0 Å². The molecule has 4 nitrogen and oxygen atoms in total. The van der Waals surface area contributed by atoms with Crippen LogP contribution in [0.1, 0.15) is 5.56 Å². The Kier molecular flexibility index (Phi) is 3.43. The molecule has 0 saturated heterocycles. The molecule has 1 aromatic carbocycles. The Morgan fingerprint density at radius 3 is 2.73 bits per heavy atom. The van der Waals surface area contributed by atoms with E-state index in [1.807, 2.05) is 0 Å². The Morgan fingerprint density at radius 2 is 2.20 bits per heavy atom. The predicted octanol–water partition coefficient (Wildman–Crippen LogP) is 2.09. The number of nitrogens with one attached hydrogen (secondary N) is 1. The molecule has 0 radical (unpaired) electrons. The lowest BCUT2D eigenvalue weighted by atomic mass is 10.2. The van der Waals surface area contributed by atoms with E-state index in [9.17, 15) is 13.6 Å². The zero-order valence-corrected chi connectivity index (χ0v) is 7.96. The van der Waals surface area contributed by atoms with E-state index >= 15 is 0 Å². The smallest absolute Gasteiger partial charge is 0.387 e. The number of anilines is 1. The van der Waals surface area contributed by atoms with E-state index in [1.165, 1.54) is 6.07 Å². The first-order valence-electron chi connectivity index (χ1n) is 4.11. The van der Waals surface area contributed by atoms with Gasteiger partial charge in [0.05, 0.1) is 0 Å². The van der Waals surface area contributed by atoms with Gasteiger partial charge in [0, 0.05) is 11.8 Å². The normalized spacial score (nSPS) is 10.1. The second kappa shape index (κ2) is 4.59. The number of aryl methyl sites for hydroxylation is 1. The van der Waals surface area contributed by atoms with Gasteiger partial charge < -0.3 is 15.8 Å². The summed E-state index contributed by atoms with van der Waals surface area (Å²) in [5, 5.41) is 2.26. The van der Waals surface area contributed by atoms with Crippen LogP contribution in [0.3, 0.4) is 0 Å². The molecule has 0 spiro atoms. The highest BCUT2D eigenvalue weighted by Crippen LogP contribution is 2.24. The van der Waals surface area contributed by atoms with E-state index < -0.39 is 12.6 Å². The first-order chi connectivity index (χ1) is 6.99. The molecule has 0 aliphatic heterocycles. The minimum atomic E-state index is -2.90. The highest BCUT2D eigenvalue weighted by Gasteiger charge is 2.08. The summed E-state index contributed by atoms with van der Waals surface area (Å²) in [5.41, 5.74) is 5.73. The predicted molar refractivity (Wildman–Crippen MR) is 51.0 cm³/mol. The van der Waals surface area contributed by atoms with E-state index in [0.29, 0.717) is 11.3 Å². The number of carbonyl (C=O) groups excluding carboxylic acids is 1. The summed E-state index contributed by atoms with van der Waals surface area (Å²) in [4.78, 5) is 10.5. The van der Waals surface area contributed by atoms with Gasteiger partial charge in [-0.25, -0.2) is 4.79 Å². The highest BCUT2D eigenvalue weighted by atomic mass is 19.3. The Balaban J connectivity index is 2.89. The topological polar surface area (TPSA) is 64.3 Å². The molecule has 3 N–H and O–H groups in total. The first-order valence-corrected chi connectivity index (χ1v) is 4.11. The Bertz CT molecular complexity index is 369. The van der Waals surface area contributed by atoms with Gasteiger partial charge in [-0.3, -0.25) is 0 Å². The van der Waals surface area contributed by atoms with E-state index in [2.05, 4.69) is 10.1 Å². The van der Waals surface area contributed by atoms with Crippen LogP contribution >= 0.6 is 0 Å². The molecule has 0 heterocycles. The number of primary amides is 1. The number of alkyl halides is 2. The molecule has 82 valence electrons. The van der Waals surface area contributed by atoms with Crippen LogP contribution in [0.15, 0.2) is 18.2 Å². The summed E-state index contributed by atoms with van der Waals surface area (Å²) < 4.78 is 28.2. The fraction of sp³-hybridized carbons (Fsp3) is 0.222. The average molecular weight is 216 g/mol. The number of halogens is 2. The number of carbonyl (C=O) groups is 1. The second-order valence-electron chi connectivity index (χ2n) is 2.85. The minimum Gasteiger partial charge on any atom is -0.434 e. The molecule has 15 heavy (non-hydrogen) atoms. The molecule has 2 amide bonds. The van der Waals surface area contributed by atoms with E-state index in [1.54, 1.807) is 19.1 Å². The number of ether oxygens (including phenoxy) is 1. The lowest BCUT2D eigenvalue weighted by Gasteiger charge is -2.09. The van der Waals surface area contributed by atoms with Gasteiger partial charge in [0.25, 0.3) is 0 Å². The fourth-order valence-electron chi connectivity index (χ4n) is 1.04. The number of rotatable bonds is 3. The maximum atomic E-state index is 12.0. The summed E-state index contributed by atoms with van der Waals surface area (Å²) in [6.07, 6.45) is 0. The molecule has 1 rings (SSSR count). The van der Waals surface area contributed by atoms with Gasteiger partial charge in [0.15, 0.2) is 0 Å². The van der Waals surface area contributed by atoms with Crippen LogP contribution in [0.5, 0.6) is 5.75 Å². The number of urea groups is 1. The summed E-state index contributed by atoms with van der Waals surface area (Å²) in [6.45, 7) is -1.28. The van der Waals surface area contributed by atoms with Crippen molar-refractivity contribution in [3.05, 3.63) is 23.8 Å². The molecule has 0 unspecified atom stereocenters. The summed E-state index contributed by atoms with van der Waals surface area (Å²) >= 11 is 0. The lowest BCUT2D eigenvalue weighted by Crippen LogP contribution is -2.19. The average Bonchev–Trinajstić information content (AvgIpc) is 2.09. The van der Waals surface area contributed by atoms with E-state index in [4.69, 9.17) is 5.73 Å². The van der Waals surface area contributed by atoms with Crippen molar-refractivity contribution in [3.8, 4) is 5.75 Å². The molecular weight excluding hydrogens is 206 g/mol. The standard InChI is InChI=1S/C9H10F2N2O2/c1-5-2-3-6(13-9(12)14)4-7(5)15-8(10)11/h2-4,8H,1H3,(H3,12,13,14). The fourth-order valence-corrected chi connectivity index (χ4v) is 1.04. The third-order valence-electron chi connectivity index (χ3n) is 1.67. The van der Waals surface area contributed by atoms with Crippen LogP contribution in [0, 0.1) is 6.92 Å². The van der Waals surface area contributed by atoms with Gasteiger partial charge >= 0.3 is 12.6 Å². The number of hydrogen-bond donors (Lipinski definition) is 2. The van der Waals surface area contributed by atoms with Gasteiger partial charge in [-0.05, 0) is 18.6 Å². The van der Waals surface area contributed by atoms with Gasteiger partial charge in [-0.1, -0.05) is 6.07 Å². The lowest BCUT2D eigenvalue weighted by molar-refractivity contribution is -0.0502. The van der Waals surface area contributed by atoms with Crippen molar-refractivity contribution >= 4 is 11.7 Å². The van der Waals surface area contributed by atoms with Crippen molar-refractivity contribution in [3.63, 3.8) is 0 Å². The number of amides is 2. The molecule has 0 bridgehead atoms. The molecule has 0 saturated carbocycles. The third kappa shape index (κ3) is 3.41. The van der Waals surface area contributed by atoms with Crippen molar-refractivity contribution < 1.29 is 18.3 Å². The quantitative estimate of drug-likeness (QED) is 0.812. The Labute approximate surface area is 85.0 Å². The number of hydrogen-bond acceptors (Lipinski definition) is 2. The number of nitrogens with two attached hydrogens (primary N) is 1.